The van der Waals surface area contributed by atoms with Crippen LogP contribution in [-0.4, -0.2) is 31.0 Å². The van der Waals surface area contributed by atoms with Gasteiger partial charge in [0.1, 0.15) is 0 Å². The van der Waals surface area contributed by atoms with E-state index in [2.05, 4.69) is 25.7 Å². The molecule has 3 heteroatoms. The third kappa shape index (κ3) is 4.36. The maximum atomic E-state index is 12.6. The monoisotopic (exact) mass is 233 g/mol. The van der Waals surface area contributed by atoms with Crippen molar-refractivity contribution >= 4 is 0 Å². The first kappa shape index (κ1) is 13.9. The summed E-state index contributed by atoms with van der Waals surface area (Å²) >= 11 is 0. The van der Waals surface area contributed by atoms with Gasteiger partial charge in [-0.25, -0.2) is 8.78 Å². The minimum absolute atomic E-state index is 0.0943. The van der Waals surface area contributed by atoms with Crippen molar-refractivity contribution in [2.45, 2.75) is 46.0 Å². The number of hydrogen-bond acceptors (Lipinski definition) is 1. The van der Waals surface area contributed by atoms with Crippen LogP contribution in [0.5, 0.6) is 0 Å². The molecule has 96 valence electrons. The quantitative estimate of drug-likeness (QED) is 0.677. The van der Waals surface area contributed by atoms with Gasteiger partial charge in [-0.15, -0.1) is 0 Å². The second-order valence-electron chi connectivity index (χ2n) is 5.90. The molecule has 1 atom stereocenters. The molecule has 16 heavy (non-hydrogen) atoms. The highest BCUT2D eigenvalue weighted by molar-refractivity contribution is 4.87. The molecule has 0 radical (unpaired) electrons. The first-order chi connectivity index (χ1) is 7.30. The summed E-state index contributed by atoms with van der Waals surface area (Å²) < 4.78 is 25.3. The zero-order chi connectivity index (χ0) is 12.3. The molecule has 1 rings (SSSR count). The molecule has 0 aliphatic heterocycles. The van der Waals surface area contributed by atoms with Gasteiger partial charge < -0.3 is 4.90 Å². The Bertz CT molecular complexity index is 208. The van der Waals surface area contributed by atoms with Crippen LogP contribution in [0, 0.1) is 17.8 Å². The molecule has 0 aromatic heterocycles. The minimum atomic E-state index is -2.36. The fourth-order valence-electron chi connectivity index (χ4n) is 2.20. The molecule has 0 spiro atoms. The summed E-state index contributed by atoms with van der Waals surface area (Å²) in [6.07, 6.45) is 1.35. The van der Waals surface area contributed by atoms with Crippen molar-refractivity contribution in [3.05, 3.63) is 0 Å². The summed E-state index contributed by atoms with van der Waals surface area (Å²) in [7, 11) is 2.05. The minimum Gasteiger partial charge on any atom is -0.306 e. The summed E-state index contributed by atoms with van der Waals surface area (Å²) in [6.45, 7) is 8.59. The Morgan fingerprint density at radius 2 is 1.81 bits per heavy atom. The molecule has 1 nitrogen and oxygen atoms in total. The van der Waals surface area contributed by atoms with Crippen LogP contribution in [0.3, 0.4) is 0 Å². The van der Waals surface area contributed by atoms with Gasteiger partial charge in [-0.1, -0.05) is 20.8 Å². The predicted molar refractivity (Wildman–Crippen MR) is 63.8 cm³/mol. The van der Waals surface area contributed by atoms with Gasteiger partial charge in [0, 0.05) is 19.4 Å². The van der Waals surface area contributed by atoms with Crippen LogP contribution in [-0.2, 0) is 0 Å². The van der Waals surface area contributed by atoms with Crippen molar-refractivity contribution in [3.8, 4) is 0 Å². The molecule has 0 amide bonds. The topological polar surface area (TPSA) is 3.24 Å². The summed E-state index contributed by atoms with van der Waals surface area (Å²) in [4.78, 5) is 2.21. The lowest BCUT2D eigenvalue weighted by Gasteiger charge is -2.37. The number of alkyl halides is 2. The van der Waals surface area contributed by atoms with E-state index in [1.165, 1.54) is 0 Å². The van der Waals surface area contributed by atoms with Gasteiger partial charge in [-0.05, 0) is 37.8 Å². The van der Waals surface area contributed by atoms with E-state index in [0.29, 0.717) is 11.8 Å². The molecular formula is C13H25F2N. The van der Waals surface area contributed by atoms with Gasteiger partial charge in [-0.2, -0.15) is 0 Å². The van der Waals surface area contributed by atoms with E-state index < -0.39 is 5.92 Å². The van der Waals surface area contributed by atoms with E-state index in [-0.39, 0.29) is 18.8 Å². The Morgan fingerprint density at radius 3 is 2.25 bits per heavy atom. The van der Waals surface area contributed by atoms with Crippen molar-refractivity contribution in [3.63, 3.8) is 0 Å². The van der Waals surface area contributed by atoms with E-state index in [9.17, 15) is 8.78 Å². The highest BCUT2D eigenvalue weighted by atomic mass is 19.3. The second kappa shape index (κ2) is 5.44. The van der Waals surface area contributed by atoms with Gasteiger partial charge in [0.15, 0.2) is 0 Å². The van der Waals surface area contributed by atoms with E-state index in [0.717, 1.165) is 19.5 Å². The summed E-state index contributed by atoms with van der Waals surface area (Å²) in [5, 5.41) is 0. The molecule has 0 heterocycles. The average molecular weight is 233 g/mol. The molecule has 1 unspecified atom stereocenters. The summed E-state index contributed by atoms with van der Waals surface area (Å²) in [5.41, 5.74) is 0. The predicted octanol–water partition coefficient (Wildman–Crippen LogP) is 3.65. The fourth-order valence-corrected chi connectivity index (χ4v) is 2.20. The van der Waals surface area contributed by atoms with Crippen molar-refractivity contribution in [2.24, 2.45) is 17.8 Å². The van der Waals surface area contributed by atoms with Crippen LogP contribution < -0.4 is 0 Å². The van der Waals surface area contributed by atoms with Crippen LogP contribution in [0.4, 0.5) is 8.78 Å². The van der Waals surface area contributed by atoms with Crippen LogP contribution in [0.25, 0.3) is 0 Å². The Morgan fingerprint density at radius 1 is 1.25 bits per heavy atom. The fraction of sp³-hybridized carbons (Fsp3) is 1.00. The maximum Gasteiger partial charge on any atom is 0.248 e. The largest absolute Gasteiger partial charge is 0.306 e. The lowest BCUT2D eigenvalue weighted by atomic mass is 9.81. The Balaban J connectivity index is 2.10. The maximum absolute atomic E-state index is 12.6. The molecule has 0 aromatic rings. The first-order valence-corrected chi connectivity index (χ1v) is 6.36. The summed E-state index contributed by atoms with van der Waals surface area (Å²) in [6, 6.07) is 0. The van der Waals surface area contributed by atoms with E-state index >= 15 is 0 Å². The molecule has 0 N–H and O–H groups in total. The number of hydrogen-bond donors (Lipinski definition) is 0. The van der Waals surface area contributed by atoms with Crippen molar-refractivity contribution in [1.82, 2.24) is 4.90 Å². The van der Waals surface area contributed by atoms with E-state index in [4.69, 9.17) is 0 Å². The second-order valence-corrected chi connectivity index (χ2v) is 5.90. The van der Waals surface area contributed by atoms with Crippen LogP contribution in [0.1, 0.15) is 40.0 Å². The van der Waals surface area contributed by atoms with Crippen molar-refractivity contribution < 1.29 is 8.78 Å². The zero-order valence-electron chi connectivity index (χ0n) is 11.0. The van der Waals surface area contributed by atoms with E-state index in [1.54, 1.807) is 0 Å². The van der Waals surface area contributed by atoms with Crippen molar-refractivity contribution in [1.29, 1.82) is 0 Å². The smallest absolute Gasteiger partial charge is 0.248 e. The van der Waals surface area contributed by atoms with Gasteiger partial charge in [0.05, 0.1) is 0 Å². The lowest BCUT2D eigenvalue weighted by Crippen LogP contribution is -2.41. The standard InChI is InChI=1S/C13H25F2N/c1-10(2)11(3)5-6-16(4)9-12-7-13(14,15)8-12/h10-12H,5-9H2,1-4H3. The SMILES string of the molecule is CC(C)C(C)CCN(C)CC1CC(F)(F)C1. The number of rotatable bonds is 6. The van der Waals surface area contributed by atoms with Crippen LogP contribution in [0.15, 0.2) is 0 Å². The molecule has 0 saturated heterocycles. The highest BCUT2D eigenvalue weighted by Crippen LogP contribution is 2.42. The van der Waals surface area contributed by atoms with Gasteiger partial charge >= 0.3 is 0 Å². The lowest BCUT2D eigenvalue weighted by molar-refractivity contribution is -0.115. The number of nitrogens with zero attached hydrogens (tertiary/aromatic N) is 1. The molecule has 1 aliphatic carbocycles. The Hall–Kier alpha value is -0.180. The molecule has 1 saturated carbocycles. The molecule has 0 bridgehead atoms. The van der Waals surface area contributed by atoms with Gasteiger partial charge in [0.2, 0.25) is 5.92 Å². The highest BCUT2D eigenvalue weighted by Gasteiger charge is 2.45. The van der Waals surface area contributed by atoms with Crippen LogP contribution in [0.2, 0.25) is 0 Å². The first-order valence-electron chi connectivity index (χ1n) is 6.36. The van der Waals surface area contributed by atoms with Gasteiger partial charge in [0.25, 0.3) is 0 Å². The third-order valence-electron chi connectivity index (χ3n) is 3.85. The normalized spacial score (nSPS) is 22.5. The zero-order valence-corrected chi connectivity index (χ0v) is 11.0. The van der Waals surface area contributed by atoms with Crippen molar-refractivity contribution in [2.75, 3.05) is 20.1 Å². The van der Waals surface area contributed by atoms with Crippen LogP contribution >= 0.6 is 0 Å². The Kier molecular flexibility index (Phi) is 4.72. The molecular weight excluding hydrogens is 208 g/mol. The Labute approximate surface area is 98.2 Å². The van der Waals surface area contributed by atoms with E-state index in [1.807, 2.05) is 7.05 Å². The molecule has 1 fully saturated rings. The van der Waals surface area contributed by atoms with Gasteiger partial charge in [-0.3, -0.25) is 0 Å². The molecule has 0 aromatic carbocycles. The summed E-state index contributed by atoms with van der Waals surface area (Å²) in [5.74, 6) is -0.724. The third-order valence-corrected chi connectivity index (χ3v) is 3.85. The molecule has 1 aliphatic rings. The number of halogens is 2. The average Bonchev–Trinajstić information content (AvgIpc) is 2.10.